The summed E-state index contributed by atoms with van der Waals surface area (Å²) in [5, 5.41) is 0. The highest BCUT2D eigenvalue weighted by atomic mass is 15.1. The lowest BCUT2D eigenvalue weighted by atomic mass is 10.1. The van der Waals surface area contributed by atoms with Crippen molar-refractivity contribution in [2.45, 2.75) is 32.2 Å². The number of hydrogen-bond donors (Lipinski definition) is 1. The third-order valence-corrected chi connectivity index (χ3v) is 2.58. The molecule has 0 saturated heterocycles. The maximum absolute atomic E-state index is 5.71. The van der Waals surface area contributed by atoms with Crippen molar-refractivity contribution in [3.8, 4) is 0 Å². The topological polar surface area (TPSA) is 29.3 Å². The molecule has 1 aromatic carbocycles. The molecular weight excluding hydrogens is 184 g/mol. The van der Waals surface area contributed by atoms with Gasteiger partial charge in [0, 0.05) is 25.8 Å². The monoisotopic (exact) mass is 206 g/mol. The average molecular weight is 206 g/mol. The van der Waals surface area contributed by atoms with Gasteiger partial charge in [-0.15, -0.1) is 0 Å². The molecule has 2 nitrogen and oxygen atoms in total. The first-order chi connectivity index (χ1) is 7.09. The minimum absolute atomic E-state index is 0.325. The SMILES string of the molecule is CC(N)CCCc1ccc(N(C)C)cc1. The Morgan fingerprint density at radius 3 is 2.27 bits per heavy atom. The molecule has 0 aliphatic carbocycles. The highest BCUT2D eigenvalue weighted by Crippen LogP contribution is 2.14. The Bertz CT molecular complexity index is 275. The summed E-state index contributed by atoms with van der Waals surface area (Å²) in [6.07, 6.45) is 3.42. The predicted molar refractivity (Wildman–Crippen MR) is 67.4 cm³/mol. The smallest absolute Gasteiger partial charge is 0.0361 e. The Labute approximate surface area is 93.1 Å². The third kappa shape index (κ3) is 4.34. The fourth-order valence-corrected chi connectivity index (χ4v) is 1.59. The van der Waals surface area contributed by atoms with Gasteiger partial charge in [0.2, 0.25) is 0 Å². The second kappa shape index (κ2) is 5.76. The molecule has 84 valence electrons. The van der Waals surface area contributed by atoms with Crippen LogP contribution in [0.4, 0.5) is 5.69 Å². The van der Waals surface area contributed by atoms with E-state index in [1.165, 1.54) is 17.7 Å². The molecule has 1 atom stereocenters. The van der Waals surface area contributed by atoms with Gasteiger partial charge in [-0.1, -0.05) is 12.1 Å². The predicted octanol–water partition coefficient (Wildman–Crippen LogP) is 2.42. The Morgan fingerprint density at radius 2 is 1.80 bits per heavy atom. The quantitative estimate of drug-likeness (QED) is 0.801. The van der Waals surface area contributed by atoms with Gasteiger partial charge in [0.05, 0.1) is 0 Å². The van der Waals surface area contributed by atoms with Crippen molar-refractivity contribution in [1.82, 2.24) is 0 Å². The number of nitrogens with two attached hydrogens (primary N) is 1. The average Bonchev–Trinajstić information content (AvgIpc) is 2.18. The summed E-state index contributed by atoms with van der Waals surface area (Å²) in [6.45, 7) is 2.06. The van der Waals surface area contributed by atoms with Gasteiger partial charge in [0.15, 0.2) is 0 Å². The summed E-state index contributed by atoms with van der Waals surface area (Å²) in [7, 11) is 4.12. The zero-order valence-electron chi connectivity index (χ0n) is 10.0. The lowest BCUT2D eigenvalue weighted by molar-refractivity contribution is 0.624. The van der Waals surface area contributed by atoms with E-state index in [0.29, 0.717) is 6.04 Å². The molecule has 0 aliphatic rings. The van der Waals surface area contributed by atoms with E-state index in [2.05, 4.69) is 50.2 Å². The molecular formula is C13H22N2. The van der Waals surface area contributed by atoms with Crippen LogP contribution in [0.2, 0.25) is 0 Å². The summed E-state index contributed by atoms with van der Waals surface area (Å²) in [4.78, 5) is 2.12. The number of rotatable bonds is 5. The maximum Gasteiger partial charge on any atom is 0.0361 e. The van der Waals surface area contributed by atoms with Crippen LogP contribution in [0.5, 0.6) is 0 Å². The molecule has 15 heavy (non-hydrogen) atoms. The van der Waals surface area contributed by atoms with Crippen LogP contribution in [-0.4, -0.2) is 20.1 Å². The Morgan fingerprint density at radius 1 is 1.20 bits per heavy atom. The molecule has 2 heteroatoms. The van der Waals surface area contributed by atoms with E-state index in [-0.39, 0.29) is 0 Å². The Hall–Kier alpha value is -1.02. The van der Waals surface area contributed by atoms with E-state index >= 15 is 0 Å². The molecule has 0 bridgehead atoms. The minimum Gasteiger partial charge on any atom is -0.378 e. The van der Waals surface area contributed by atoms with E-state index in [9.17, 15) is 0 Å². The highest BCUT2D eigenvalue weighted by Gasteiger charge is 1.98. The van der Waals surface area contributed by atoms with Crippen LogP contribution >= 0.6 is 0 Å². The fraction of sp³-hybridized carbons (Fsp3) is 0.538. The second-order valence-corrected chi connectivity index (χ2v) is 4.43. The first kappa shape index (κ1) is 12.1. The van der Waals surface area contributed by atoms with Gasteiger partial charge in [0.25, 0.3) is 0 Å². The first-order valence-corrected chi connectivity index (χ1v) is 5.61. The summed E-state index contributed by atoms with van der Waals surface area (Å²) < 4.78 is 0. The fourth-order valence-electron chi connectivity index (χ4n) is 1.59. The highest BCUT2D eigenvalue weighted by molar-refractivity contribution is 5.45. The normalized spacial score (nSPS) is 12.5. The molecule has 0 aliphatic heterocycles. The van der Waals surface area contributed by atoms with Gasteiger partial charge < -0.3 is 10.6 Å². The van der Waals surface area contributed by atoms with E-state index < -0.39 is 0 Å². The zero-order valence-corrected chi connectivity index (χ0v) is 10.0. The summed E-state index contributed by atoms with van der Waals surface area (Å²) >= 11 is 0. The lowest BCUT2D eigenvalue weighted by Gasteiger charge is -2.12. The Kier molecular flexibility index (Phi) is 4.63. The molecule has 0 amide bonds. The van der Waals surface area contributed by atoms with Gasteiger partial charge in [-0.2, -0.15) is 0 Å². The molecule has 0 radical (unpaired) electrons. The largest absolute Gasteiger partial charge is 0.378 e. The van der Waals surface area contributed by atoms with Crippen molar-refractivity contribution in [3.63, 3.8) is 0 Å². The lowest BCUT2D eigenvalue weighted by Crippen LogP contribution is -2.14. The van der Waals surface area contributed by atoms with Crippen molar-refractivity contribution < 1.29 is 0 Å². The zero-order chi connectivity index (χ0) is 11.3. The van der Waals surface area contributed by atoms with Crippen LogP contribution in [0.1, 0.15) is 25.3 Å². The summed E-state index contributed by atoms with van der Waals surface area (Å²) in [5.41, 5.74) is 8.37. The molecule has 0 saturated carbocycles. The number of benzene rings is 1. The van der Waals surface area contributed by atoms with Gasteiger partial charge in [-0.3, -0.25) is 0 Å². The van der Waals surface area contributed by atoms with Crippen LogP contribution in [0.25, 0.3) is 0 Å². The molecule has 1 aromatic rings. The Balaban J connectivity index is 2.43. The van der Waals surface area contributed by atoms with Crippen molar-refractivity contribution in [3.05, 3.63) is 29.8 Å². The van der Waals surface area contributed by atoms with Gasteiger partial charge in [-0.05, 0) is 43.9 Å². The molecule has 1 rings (SSSR count). The van der Waals surface area contributed by atoms with Crippen LogP contribution in [0.15, 0.2) is 24.3 Å². The summed E-state index contributed by atoms with van der Waals surface area (Å²) in [5.74, 6) is 0. The van der Waals surface area contributed by atoms with Crippen LogP contribution in [0.3, 0.4) is 0 Å². The van der Waals surface area contributed by atoms with E-state index in [1.54, 1.807) is 0 Å². The molecule has 1 unspecified atom stereocenters. The molecule has 0 heterocycles. The number of nitrogens with zero attached hydrogens (tertiary/aromatic N) is 1. The van der Waals surface area contributed by atoms with Crippen LogP contribution in [0, 0.1) is 0 Å². The number of aryl methyl sites for hydroxylation is 1. The van der Waals surface area contributed by atoms with Crippen molar-refractivity contribution >= 4 is 5.69 Å². The standard InChI is InChI=1S/C13H22N2/c1-11(14)5-4-6-12-7-9-13(10-8-12)15(2)3/h7-11H,4-6,14H2,1-3H3. The third-order valence-electron chi connectivity index (χ3n) is 2.58. The maximum atomic E-state index is 5.71. The summed E-state index contributed by atoms with van der Waals surface area (Å²) in [6, 6.07) is 9.07. The molecule has 2 N–H and O–H groups in total. The van der Waals surface area contributed by atoms with Gasteiger partial charge in [0.1, 0.15) is 0 Å². The van der Waals surface area contributed by atoms with E-state index in [4.69, 9.17) is 5.73 Å². The van der Waals surface area contributed by atoms with E-state index in [1.807, 2.05) is 0 Å². The van der Waals surface area contributed by atoms with Crippen LogP contribution < -0.4 is 10.6 Å². The van der Waals surface area contributed by atoms with Crippen molar-refractivity contribution in [1.29, 1.82) is 0 Å². The van der Waals surface area contributed by atoms with Gasteiger partial charge >= 0.3 is 0 Å². The van der Waals surface area contributed by atoms with E-state index in [0.717, 1.165) is 12.8 Å². The number of anilines is 1. The molecule has 0 spiro atoms. The minimum atomic E-state index is 0.325. The van der Waals surface area contributed by atoms with Gasteiger partial charge in [-0.25, -0.2) is 0 Å². The molecule has 0 fully saturated rings. The van der Waals surface area contributed by atoms with Crippen molar-refractivity contribution in [2.75, 3.05) is 19.0 Å². The second-order valence-electron chi connectivity index (χ2n) is 4.43. The molecule has 0 aromatic heterocycles. The van der Waals surface area contributed by atoms with Crippen LogP contribution in [-0.2, 0) is 6.42 Å². The number of hydrogen-bond acceptors (Lipinski definition) is 2. The van der Waals surface area contributed by atoms with Crippen molar-refractivity contribution in [2.24, 2.45) is 5.73 Å². The first-order valence-electron chi connectivity index (χ1n) is 5.61.